The predicted octanol–water partition coefficient (Wildman–Crippen LogP) is 1.87. The third kappa shape index (κ3) is 3.42. The number of fused-ring (bicyclic) bond motifs is 1. The van der Waals surface area contributed by atoms with Crippen LogP contribution in [0, 0.1) is 5.82 Å². The van der Waals surface area contributed by atoms with E-state index in [1.54, 1.807) is 0 Å². The van der Waals surface area contributed by atoms with E-state index in [0.717, 1.165) is 5.56 Å². The third-order valence-corrected chi connectivity index (χ3v) is 3.48. The molecule has 0 radical (unpaired) electrons. The Hall–Kier alpha value is -3.02. The maximum absolute atomic E-state index is 13.2. The Bertz CT molecular complexity index is 775. The van der Waals surface area contributed by atoms with E-state index in [1.807, 2.05) is 30.3 Å². The molecule has 1 aliphatic rings. The van der Waals surface area contributed by atoms with Crippen LogP contribution in [-0.2, 0) is 16.0 Å². The fourth-order valence-electron chi connectivity index (χ4n) is 2.42. The first-order chi connectivity index (χ1) is 11.1. The van der Waals surface area contributed by atoms with E-state index in [1.165, 1.54) is 29.3 Å². The molecule has 6 heteroatoms. The Kier molecular flexibility index (Phi) is 4.14. The van der Waals surface area contributed by atoms with Gasteiger partial charge in [0.15, 0.2) is 0 Å². The Morgan fingerprint density at radius 3 is 2.83 bits per heavy atom. The maximum Gasteiger partial charge on any atom is 0.260 e. The van der Waals surface area contributed by atoms with Crippen LogP contribution in [0.3, 0.4) is 0 Å². The first-order valence-electron chi connectivity index (χ1n) is 7.09. The van der Waals surface area contributed by atoms with Gasteiger partial charge >= 0.3 is 0 Å². The smallest absolute Gasteiger partial charge is 0.260 e. The number of rotatable bonds is 4. The quantitative estimate of drug-likeness (QED) is 0.692. The summed E-state index contributed by atoms with van der Waals surface area (Å²) in [6.45, 7) is -0.149. The Morgan fingerprint density at radius 2 is 2.04 bits per heavy atom. The standard InChI is InChI=1S/C17H14FN3O2/c18-14-6-7-15-13(8-14)9-17(23)21(15)11-16(22)20-19-10-12-4-2-1-3-5-12/h1-8,10H,9,11H2,(H,20,22)/b19-10+. The maximum atomic E-state index is 13.2. The van der Waals surface area contributed by atoms with Gasteiger partial charge in [0.1, 0.15) is 12.4 Å². The number of hydrogen-bond acceptors (Lipinski definition) is 3. The highest BCUT2D eigenvalue weighted by atomic mass is 19.1. The highest BCUT2D eigenvalue weighted by molar-refractivity contribution is 6.05. The molecule has 1 aliphatic heterocycles. The normalized spacial score (nSPS) is 13.4. The van der Waals surface area contributed by atoms with Crippen LogP contribution in [0.25, 0.3) is 0 Å². The van der Waals surface area contributed by atoms with Gasteiger partial charge in [-0.2, -0.15) is 5.10 Å². The predicted molar refractivity (Wildman–Crippen MR) is 84.6 cm³/mol. The van der Waals surface area contributed by atoms with E-state index >= 15 is 0 Å². The summed E-state index contributed by atoms with van der Waals surface area (Å²) in [4.78, 5) is 25.2. The van der Waals surface area contributed by atoms with Crippen molar-refractivity contribution in [1.82, 2.24) is 5.43 Å². The largest absolute Gasteiger partial charge is 0.302 e. The molecule has 2 aromatic carbocycles. The van der Waals surface area contributed by atoms with Gasteiger partial charge in [-0.15, -0.1) is 0 Å². The molecule has 1 N–H and O–H groups in total. The van der Waals surface area contributed by atoms with E-state index in [2.05, 4.69) is 10.5 Å². The zero-order valence-electron chi connectivity index (χ0n) is 12.2. The van der Waals surface area contributed by atoms with Crippen LogP contribution >= 0.6 is 0 Å². The lowest BCUT2D eigenvalue weighted by atomic mass is 10.1. The average molecular weight is 311 g/mol. The molecule has 0 spiro atoms. The number of benzene rings is 2. The Morgan fingerprint density at radius 1 is 1.26 bits per heavy atom. The van der Waals surface area contributed by atoms with Crippen molar-refractivity contribution in [3.05, 3.63) is 65.5 Å². The molecule has 5 nitrogen and oxygen atoms in total. The molecule has 0 atom stereocenters. The minimum atomic E-state index is -0.414. The van der Waals surface area contributed by atoms with Crippen molar-refractivity contribution in [2.45, 2.75) is 6.42 Å². The first-order valence-corrected chi connectivity index (χ1v) is 7.09. The van der Waals surface area contributed by atoms with Crippen molar-refractivity contribution in [2.24, 2.45) is 5.10 Å². The average Bonchev–Trinajstić information content (AvgIpc) is 2.83. The van der Waals surface area contributed by atoms with Gasteiger partial charge in [0.25, 0.3) is 5.91 Å². The molecule has 2 amide bonds. The molecule has 0 saturated heterocycles. The van der Waals surface area contributed by atoms with Crippen LogP contribution in [0.15, 0.2) is 53.6 Å². The molecule has 1 heterocycles. The van der Waals surface area contributed by atoms with Crippen molar-refractivity contribution in [3.63, 3.8) is 0 Å². The van der Waals surface area contributed by atoms with Crippen molar-refractivity contribution in [1.29, 1.82) is 0 Å². The van der Waals surface area contributed by atoms with Crippen LogP contribution < -0.4 is 10.3 Å². The molecule has 0 aromatic heterocycles. The zero-order chi connectivity index (χ0) is 16.2. The van der Waals surface area contributed by atoms with Gasteiger partial charge in [0.2, 0.25) is 5.91 Å². The van der Waals surface area contributed by atoms with Crippen molar-refractivity contribution in [2.75, 3.05) is 11.4 Å². The number of carbonyl (C=O) groups is 2. The molecule has 0 saturated carbocycles. The summed E-state index contributed by atoms with van der Waals surface area (Å²) in [6, 6.07) is 13.4. The first kappa shape index (κ1) is 14.9. The molecule has 2 aromatic rings. The van der Waals surface area contributed by atoms with Gasteiger partial charge in [-0.25, -0.2) is 9.82 Å². The lowest BCUT2D eigenvalue weighted by Crippen LogP contribution is -2.37. The number of nitrogens with zero attached hydrogens (tertiary/aromatic N) is 2. The summed E-state index contributed by atoms with van der Waals surface area (Å²) in [5.41, 5.74) is 4.40. The summed E-state index contributed by atoms with van der Waals surface area (Å²) >= 11 is 0. The minimum Gasteiger partial charge on any atom is -0.302 e. The van der Waals surface area contributed by atoms with E-state index in [0.29, 0.717) is 11.3 Å². The van der Waals surface area contributed by atoms with Crippen molar-refractivity contribution >= 4 is 23.7 Å². The Labute approximate surface area is 132 Å². The summed E-state index contributed by atoms with van der Waals surface area (Å²) in [5.74, 6) is -1.04. The number of carbonyl (C=O) groups excluding carboxylic acids is 2. The number of nitrogens with one attached hydrogen (secondary N) is 1. The fourth-order valence-corrected chi connectivity index (χ4v) is 2.42. The molecule has 116 valence electrons. The van der Waals surface area contributed by atoms with Gasteiger partial charge in [0, 0.05) is 5.69 Å². The Balaban J connectivity index is 1.62. The summed E-state index contributed by atoms with van der Waals surface area (Å²) in [5, 5.41) is 3.86. The van der Waals surface area contributed by atoms with E-state index in [9.17, 15) is 14.0 Å². The number of amides is 2. The van der Waals surface area contributed by atoms with Crippen LogP contribution in [0.4, 0.5) is 10.1 Å². The summed E-state index contributed by atoms with van der Waals surface area (Å²) < 4.78 is 13.2. The third-order valence-electron chi connectivity index (χ3n) is 3.48. The molecular weight excluding hydrogens is 297 g/mol. The van der Waals surface area contributed by atoms with Crippen LogP contribution in [0.5, 0.6) is 0 Å². The molecule has 23 heavy (non-hydrogen) atoms. The summed E-state index contributed by atoms with van der Waals surface area (Å²) in [7, 11) is 0. The topological polar surface area (TPSA) is 61.8 Å². The fraction of sp³-hybridized carbons (Fsp3) is 0.118. The zero-order valence-corrected chi connectivity index (χ0v) is 12.2. The summed E-state index contributed by atoms with van der Waals surface area (Å²) in [6.07, 6.45) is 1.63. The highest BCUT2D eigenvalue weighted by Crippen LogP contribution is 2.28. The van der Waals surface area contributed by atoms with Crippen LogP contribution in [0.2, 0.25) is 0 Å². The van der Waals surface area contributed by atoms with Gasteiger partial charge in [0.05, 0.1) is 12.6 Å². The van der Waals surface area contributed by atoms with Crippen LogP contribution in [-0.4, -0.2) is 24.6 Å². The number of anilines is 1. The second kappa shape index (κ2) is 6.39. The van der Waals surface area contributed by atoms with Gasteiger partial charge in [-0.1, -0.05) is 30.3 Å². The molecule has 0 unspecified atom stereocenters. The number of hydrogen-bond donors (Lipinski definition) is 1. The van der Waals surface area contributed by atoms with Gasteiger partial charge in [-0.3, -0.25) is 9.59 Å². The van der Waals surface area contributed by atoms with Crippen LogP contribution in [0.1, 0.15) is 11.1 Å². The van der Waals surface area contributed by atoms with E-state index in [-0.39, 0.29) is 18.9 Å². The SMILES string of the molecule is O=C(CN1C(=O)Cc2cc(F)ccc21)N/N=C/c1ccccc1. The van der Waals surface area contributed by atoms with E-state index in [4.69, 9.17) is 0 Å². The van der Waals surface area contributed by atoms with E-state index < -0.39 is 11.7 Å². The second-order valence-corrected chi connectivity index (χ2v) is 5.13. The van der Waals surface area contributed by atoms with Crippen molar-refractivity contribution in [3.8, 4) is 0 Å². The second-order valence-electron chi connectivity index (χ2n) is 5.13. The molecular formula is C17H14FN3O2. The lowest BCUT2D eigenvalue weighted by molar-refractivity contribution is -0.123. The molecule has 3 rings (SSSR count). The lowest BCUT2D eigenvalue weighted by Gasteiger charge is -2.15. The highest BCUT2D eigenvalue weighted by Gasteiger charge is 2.28. The molecule has 0 aliphatic carbocycles. The van der Waals surface area contributed by atoms with Crippen molar-refractivity contribution < 1.29 is 14.0 Å². The monoisotopic (exact) mass is 311 g/mol. The number of halogens is 1. The minimum absolute atomic E-state index is 0.105. The van der Waals surface area contributed by atoms with Gasteiger partial charge in [-0.05, 0) is 29.3 Å². The number of hydrazone groups is 1. The van der Waals surface area contributed by atoms with Gasteiger partial charge < -0.3 is 4.90 Å². The molecule has 0 fully saturated rings. The molecule has 0 bridgehead atoms.